The Kier molecular flexibility index (Phi) is 4.68. The van der Waals surface area contributed by atoms with Gasteiger partial charge >= 0.3 is 0 Å². The Labute approximate surface area is 172 Å². The minimum atomic E-state index is -0.412. The van der Waals surface area contributed by atoms with Crippen LogP contribution in [0.4, 0.5) is 17.5 Å². The molecule has 2 aliphatic heterocycles. The lowest BCUT2D eigenvalue weighted by Crippen LogP contribution is -2.37. The molecule has 2 aliphatic rings. The maximum Gasteiger partial charge on any atom is 0.269 e. The smallest absolute Gasteiger partial charge is 0.269 e. The van der Waals surface area contributed by atoms with Gasteiger partial charge in [0.2, 0.25) is 5.95 Å². The lowest BCUT2D eigenvalue weighted by Gasteiger charge is -2.29. The second-order valence-corrected chi connectivity index (χ2v) is 7.10. The fourth-order valence-electron chi connectivity index (χ4n) is 3.73. The molecule has 10 nitrogen and oxygen atoms in total. The minimum absolute atomic E-state index is 0.0423. The number of fused-ring (bicyclic) bond motifs is 1. The summed E-state index contributed by atoms with van der Waals surface area (Å²) in [4.78, 5) is 33.2. The summed E-state index contributed by atoms with van der Waals surface area (Å²) in [6.45, 7) is 4.02. The number of hydrogen-bond donors (Lipinski definition) is 0. The van der Waals surface area contributed by atoms with Crippen LogP contribution < -0.4 is 9.80 Å². The number of nitrogens with zero attached hydrogens (tertiary/aromatic N) is 7. The number of benzene rings is 1. The van der Waals surface area contributed by atoms with Crippen molar-refractivity contribution in [3.8, 4) is 11.4 Å². The Balaban J connectivity index is 1.55. The van der Waals surface area contributed by atoms with Crippen LogP contribution in [0.5, 0.6) is 0 Å². The van der Waals surface area contributed by atoms with Crippen LogP contribution in [0.2, 0.25) is 0 Å². The van der Waals surface area contributed by atoms with E-state index in [1.54, 1.807) is 30.6 Å². The van der Waals surface area contributed by atoms with Crippen LogP contribution in [0.15, 0.2) is 42.7 Å². The van der Waals surface area contributed by atoms with E-state index in [2.05, 4.69) is 19.8 Å². The largest absolute Gasteiger partial charge is 0.378 e. The first-order valence-corrected chi connectivity index (χ1v) is 9.68. The summed E-state index contributed by atoms with van der Waals surface area (Å²) >= 11 is 0. The Hall–Kier alpha value is -3.66. The summed E-state index contributed by atoms with van der Waals surface area (Å²) in [6, 6.07) is 8.12. The number of ether oxygens (including phenoxy) is 1. The quantitative estimate of drug-likeness (QED) is 0.476. The van der Waals surface area contributed by atoms with Gasteiger partial charge in [-0.25, -0.2) is 19.9 Å². The molecule has 3 aromatic rings. The van der Waals surface area contributed by atoms with E-state index < -0.39 is 4.92 Å². The van der Waals surface area contributed by atoms with Crippen molar-refractivity contribution >= 4 is 17.5 Å². The van der Waals surface area contributed by atoms with Crippen LogP contribution >= 0.6 is 0 Å². The molecule has 0 aliphatic carbocycles. The number of aromatic nitrogens is 4. The van der Waals surface area contributed by atoms with Crippen molar-refractivity contribution in [3.63, 3.8) is 0 Å². The number of hydrogen-bond acceptors (Lipinski definition) is 9. The Bertz CT molecular complexity index is 1070. The Morgan fingerprint density at radius 2 is 1.70 bits per heavy atom. The van der Waals surface area contributed by atoms with Gasteiger partial charge in [0, 0.05) is 48.7 Å². The fraction of sp³-hybridized carbons (Fsp3) is 0.300. The maximum atomic E-state index is 11.0. The highest BCUT2D eigenvalue weighted by atomic mass is 16.6. The number of nitro benzene ring substituents is 1. The standard InChI is InChI=1S/C20H19N7O3/c28-27(29)15-4-2-14(3-5-15)18-23-17-13-26(20-21-6-1-7-22-20)12-16(17)19(24-18)25-8-10-30-11-9-25/h1-7H,8-13H2. The van der Waals surface area contributed by atoms with Crippen molar-refractivity contribution in [2.45, 2.75) is 13.1 Å². The molecule has 0 unspecified atom stereocenters. The van der Waals surface area contributed by atoms with E-state index in [0.717, 1.165) is 35.7 Å². The lowest BCUT2D eigenvalue weighted by molar-refractivity contribution is -0.384. The SMILES string of the molecule is O=[N+]([O-])c1ccc(-c2nc3c(c(N4CCOCC4)n2)CN(c2ncccn2)C3)cc1. The van der Waals surface area contributed by atoms with Crippen molar-refractivity contribution < 1.29 is 9.66 Å². The molecule has 152 valence electrons. The van der Waals surface area contributed by atoms with E-state index in [4.69, 9.17) is 14.7 Å². The third kappa shape index (κ3) is 3.41. The van der Waals surface area contributed by atoms with E-state index in [9.17, 15) is 10.1 Å². The van der Waals surface area contributed by atoms with Crippen molar-refractivity contribution in [1.29, 1.82) is 0 Å². The topological polar surface area (TPSA) is 110 Å². The predicted octanol–water partition coefficient (Wildman–Crippen LogP) is 2.20. The number of non-ortho nitro benzene ring substituents is 1. The van der Waals surface area contributed by atoms with E-state index in [1.807, 2.05) is 0 Å². The molecule has 10 heteroatoms. The normalized spacial score (nSPS) is 15.9. The summed E-state index contributed by atoms with van der Waals surface area (Å²) in [5.74, 6) is 2.09. The third-order valence-electron chi connectivity index (χ3n) is 5.24. The highest BCUT2D eigenvalue weighted by Crippen LogP contribution is 2.33. The second-order valence-electron chi connectivity index (χ2n) is 7.10. The van der Waals surface area contributed by atoms with Crippen molar-refractivity contribution in [2.24, 2.45) is 0 Å². The summed E-state index contributed by atoms with van der Waals surface area (Å²) in [5.41, 5.74) is 2.77. The van der Waals surface area contributed by atoms with Crippen LogP contribution in [-0.4, -0.2) is 51.2 Å². The molecule has 0 saturated carbocycles. The number of morpholine rings is 1. The van der Waals surface area contributed by atoms with Crippen molar-refractivity contribution in [2.75, 3.05) is 36.1 Å². The zero-order chi connectivity index (χ0) is 20.5. The second kappa shape index (κ2) is 7.64. The fourth-order valence-corrected chi connectivity index (χ4v) is 3.73. The van der Waals surface area contributed by atoms with Gasteiger partial charge in [0.1, 0.15) is 5.82 Å². The van der Waals surface area contributed by atoms with E-state index >= 15 is 0 Å². The van der Waals surface area contributed by atoms with Gasteiger partial charge in [-0.2, -0.15) is 0 Å². The molecule has 0 radical (unpaired) electrons. The van der Waals surface area contributed by atoms with Crippen LogP contribution in [0.1, 0.15) is 11.3 Å². The predicted molar refractivity (Wildman–Crippen MR) is 109 cm³/mol. The number of anilines is 2. The molecule has 4 heterocycles. The summed E-state index contributed by atoms with van der Waals surface area (Å²) in [7, 11) is 0. The molecule has 1 fully saturated rings. The molecule has 0 bridgehead atoms. The van der Waals surface area contributed by atoms with Gasteiger partial charge in [0.05, 0.1) is 36.9 Å². The van der Waals surface area contributed by atoms with E-state index in [1.165, 1.54) is 12.1 Å². The van der Waals surface area contributed by atoms with Gasteiger partial charge in [-0.15, -0.1) is 0 Å². The first-order chi connectivity index (χ1) is 14.7. The van der Waals surface area contributed by atoms with Crippen LogP contribution in [0.25, 0.3) is 11.4 Å². The third-order valence-corrected chi connectivity index (χ3v) is 5.24. The molecular weight excluding hydrogens is 386 g/mol. The zero-order valence-corrected chi connectivity index (χ0v) is 16.1. The summed E-state index contributed by atoms with van der Waals surface area (Å²) in [5, 5.41) is 11.0. The van der Waals surface area contributed by atoms with Crippen molar-refractivity contribution in [1.82, 2.24) is 19.9 Å². The van der Waals surface area contributed by atoms with Gasteiger partial charge in [-0.1, -0.05) is 0 Å². The Morgan fingerprint density at radius 1 is 0.967 bits per heavy atom. The van der Waals surface area contributed by atoms with E-state index in [0.29, 0.717) is 38.1 Å². The number of nitro groups is 1. The molecule has 1 saturated heterocycles. The van der Waals surface area contributed by atoms with Crippen molar-refractivity contribution in [3.05, 3.63) is 64.1 Å². The molecule has 5 rings (SSSR count). The van der Waals surface area contributed by atoms with Crippen LogP contribution in [0, 0.1) is 10.1 Å². The van der Waals surface area contributed by atoms with Gasteiger partial charge in [-0.3, -0.25) is 10.1 Å². The van der Waals surface area contributed by atoms with E-state index in [-0.39, 0.29) is 5.69 Å². The highest BCUT2D eigenvalue weighted by molar-refractivity contribution is 5.64. The van der Waals surface area contributed by atoms with Gasteiger partial charge in [0.25, 0.3) is 5.69 Å². The highest BCUT2D eigenvalue weighted by Gasteiger charge is 2.30. The molecule has 0 amide bonds. The van der Waals surface area contributed by atoms with Gasteiger partial charge in [0.15, 0.2) is 5.82 Å². The average Bonchev–Trinajstić information content (AvgIpc) is 3.24. The lowest BCUT2D eigenvalue weighted by atomic mass is 10.1. The number of rotatable bonds is 4. The summed E-state index contributed by atoms with van der Waals surface area (Å²) in [6.07, 6.45) is 3.45. The average molecular weight is 405 g/mol. The zero-order valence-electron chi connectivity index (χ0n) is 16.1. The summed E-state index contributed by atoms with van der Waals surface area (Å²) < 4.78 is 5.50. The Morgan fingerprint density at radius 3 is 2.40 bits per heavy atom. The first-order valence-electron chi connectivity index (χ1n) is 9.68. The van der Waals surface area contributed by atoms with Gasteiger partial charge < -0.3 is 14.5 Å². The molecule has 0 atom stereocenters. The first kappa shape index (κ1) is 18.4. The van der Waals surface area contributed by atoms with Crippen LogP contribution in [-0.2, 0) is 17.8 Å². The molecule has 2 aromatic heterocycles. The van der Waals surface area contributed by atoms with Crippen LogP contribution in [0.3, 0.4) is 0 Å². The molecule has 0 N–H and O–H groups in total. The van der Waals surface area contributed by atoms with Gasteiger partial charge in [-0.05, 0) is 18.2 Å². The minimum Gasteiger partial charge on any atom is -0.378 e. The molecule has 0 spiro atoms. The molecule has 30 heavy (non-hydrogen) atoms. The monoisotopic (exact) mass is 405 g/mol. The maximum absolute atomic E-state index is 11.0. The molecule has 1 aromatic carbocycles. The molecular formula is C20H19N7O3.